The number of sulfonamides is 1. The highest BCUT2D eigenvalue weighted by atomic mass is 32.2. The molecule has 0 saturated carbocycles. The molecule has 0 saturated heterocycles. The Labute approximate surface area is 217 Å². The number of nitrogens with zero attached hydrogens (tertiary/aromatic N) is 6. The molecule has 13 nitrogen and oxygen atoms in total. The third kappa shape index (κ3) is 5.19. The van der Waals surface area contributed by atoms with E-state index in [9.17, 15) is 17.9 Å². The van der Waals surface area contributed by atoms with E-state index in [-0.39, 0.29) is 23.3 Å². The molecule has 0 aliphatic heterocycles. The summed E-state index contributed by atoms with van der Waals surface area (Å²) < 4.78 is 59.9. The average Bonchev–Trinajstić information content (AvgIpc) is 3.34. The number of aliphatic hydroxyl groups is 1. The van der Waals surface area contributed by atoms with Gasteiger partial charge in [0.2, 0.25) is 21.9 Å². The van der Waals surface area contributed by atoms with Crippen LogP contribution in [-0.2, 0) is 10.0 Å². The van der Waals surface area contributed by atoms with E-state index in [1.54, 1.807) is 36.4 Å². The lowest BCUT2D eigenvalue weighted by Crippen LogP contribution is -2.32. The highest BCUT2D eigenvalue weighted by Crippen LogP contribution is 2.38. The molecule has 2 N–H and O–H groups in total. The second kappa shape index (κ2) is 10.9. The average molecular weight is 546 g/mol. The Morgan fingerprint density at radius 2 is 1.61 bits per heavy atom. The summed E-state index contributed by atoms with van der Waals surface area (Å²) in [4.78, 5) is 11.7. The Morgan fingerprint density at radius 1 is 0.974 bits per heavy atom. The molecule has 1 aromatic carbocycles. The summed E-state index contributed by atoms with van der Waals surface area (Å²) in [5.41, 5.74) is 0.595. The SMILES string of the molecule is COc1cccc(-c2nnc(NS(=O)(=O)[C@H](C)[C@@H](O)c3ncc(F)cn3)n2-c2c(OC)cccc2OC)n1. The molecule has 0 bridgehead atoms. The first kappa shape index (κ1) is 26.7. The van der Waals surface area contributed by atoms with Gasteiger partial charge in [0.1, 0.15) is 34.2 Å². The van der Waals surface area contributed by atoms with Gasteiger partial charge in [0.25, 0.3) is 0 Å². The largest absolute Gasteiger partial charge is 0.494 e. The van der Waals surface area contributed by atoms with Gasteiger partial charge < -0.3 is 19.3 Å². The van der Waals surface area contributed by atoms with E-state index in [1.165, 1.54) is 32.8 Å². The fourth-order valence-corrected chi connectivity index (χ4v) is 4.54. The first-order valence-electron chi connectivity index (χ1n) is 11.1. The van der Waals surface area contributed by atoms with Crippen LogP contribution in [0.1, 0.15) is 18.9 Å². The van der Waals surface area contributed by atoms with E-state index in [4.69, 9.17) is 14.2 Å². The molecule has 3 aromatic heterocycles. The van der Waals surface area contributed by atoms with Crippen molar-refractivity contribution in [3.63, 3.8) is 0 Å². The van der Waals surface area contributed by atoms with Gasteiger partial charge in [-0.25, -0.2) is 27.8 Å². The predicted molar refractivity (Wildman–Crippen MR) is 133 cm³/mol. The number of benzene rings is 1. The number of hydrogen-bond donors (Lipinski definition) is 2. The van der Waals surface area contributed by atoms with E-state index in [2.05, 4.69) is 29.9 Å². The van der Waals surface area contributed by atoms with Crippen molar-refractivity contribution in [1.29, 1.82) is 0 Å². The zero-order chi connectivity index (χ0) is 27.4. The van der Waals surface area contributed by atoms with E-state index in [1.807, 2.05) is 0 Å². The number of aliphatic hydroxyl groups excluding tert-OH is 1. The molecule has 2 atom stereocenters. The first-order valence-corrected chi connectivity index (χ1v) is 12.6. The van der Waals surface area contributed by atoms with Crippen LogP contribution in [-0.4, -0.2) is 69.8 Å². The van der Waals surface area contributed by atoms with Gasteiger partial charge in [0.05, 0.1) is 33.7 Å². The highest BCUT2D eigenvalue weighted by molar-refractivity contribution is 7.93. The number of hydrogen-bond acceptors (Lipinski definition) is 11. The number of ether oxygens (including phenoxy) is 3. The van der Waals surface area contributed by atoms with E-state index >= 15 is 0 Å². The number of para-hydroxylation sites is 1. The maximum Gasteiger partial charge on any atom is 0.243 e. The molecule has 0 aliphatic carbocycles. The molecule has 0 spiro atoms. The van der Waals surface area contributed by atoms with Crippen molar-refractivity contribution in [3.8, 4) is 34.6 Å². The minimum absolute atomic E-state index is 0.138. The van der Waals surface area contributed by atoms with Crippen LogP contribution in [0.25, 0.3) is 17.2 Å². The zero-order valence-electron chi connectivity index (χ0n) is 20.7. The molecule has 38 heavy (non-hydrogen) atoms. The standard InChI is InChI=1S/C23H24FN7O6S/c1-13(20(32)21-25-11-14(24)12-26-21)38(33,34)30-23-29-28-22(15-7-5-10-18(27-15)37-4)31(23)19-16(35-2)8-6-9-17(19)36-3/h5-13,20,32H,1-4H3,(H,29,30)/t13-,20-/m1/s1. The number of anilines is 1. The Kier molecular flexibility index (Phi) is 7.68. The van der Waals surface area contributed by atoms with Crippen LogP contribution in [0.15, 0.2) is 48.8 Å². The smallest absolute Gasteiger partial charge is 0.243 e. The minimum atomic E-state index is -4.35. The maximum atomic E-state index is 13.3. The second-order valence-electron chi connectivity index (χ2n) is 7.82. The normalized spacial score (nSPS) is 13.0. The maximum absolute atomic E-state index is 13.3. The van der Waals surface area contributed by atoms with Crippen molar-refractivity contribution in [3.05, 3.63) is 60.4 Å². The summed E-state index contributed by atoms with van der Waals surface area (Å²) >= 11 is 0. The van der Waals surface area contributed by atoms with Crippen LogP contribution in [0.5, 0.6) is 17.4 Å². The van der Waals surface area contributed by atoms with Gasteiger partial charge in [-0.3, -0.25) is 9.29 Å². The summed E-state index contributed by atoms with van der Waals surface area (Å²) in [5.74, 6) is -0.165. The van der Waals surface area contributed by atoms with Crippen LogP contribution >= 0.6 is 0 Å². The van der Waals surface area contributed by atoms with Gasteiger partial charge in [-0.15, -0.1) is 10.2 Å². The van der Waals surface area contributed by atoms with Crippen LogP contribution in [0.2, 0.25) is 0 Å². The molecule has 0 unspecified atom stereocenters. The Hall–Kier alpha value is -4.37. The molecular weight excluding hydrogens is 521 g/mol. The molecule has 0 amide bonds. The molecule has 0 radical (unpaired) electrons. The van der Waals surface area contributed by atoms with Gasteiger partial charge in [0.15, 0.2) is 17.5 Å². The summed E-state index contributed by atoms with van der Waals surface area (Å²) in [7, 11) is -0.00737. The van der Waals surface area contributed by atoms with Crippen molar-refractivity contribution < 1.29 is 32.1 Å². The van der Waals surface area contributed by atoms with Gasteiger partial charge in [-0.1, -0.05) is 12.1 Å². The van der Waals surface area contributed by atoms with Crippen LogP contribution in [0.4, 0.5) is 10.3 Å². The van der Waals surface area contributed by atoms with Gasteiger partial charge >= 0.3 is 0 Å². The molecule has 15 heteroatoms. The van der Waals surface area contributed by atoms with Crippen LogP contribution in [0, 0.1) is 5.82 Å². The second-order valence-corrected chi connectivity index (χ2v) is 9.85. The van der Waals surface area contributed by atoms with Crippen LogP contribution in [0.3, 0.4) is 0 Å². The summed E-state index contributed by atoms with van der Waals surface area (Å²) in [6.45, 7) is 1.24. The fourth-order valence-electron chi connectivity index (χ4n) is 3.51. The molecule has 0 fully saturated rings. The molecular formula is C23H24FN7O6S. The van der Waals surface area contributed by atoms with Gasteiger partial charge in [0, 0.05) is 6.07 Å². The van der Waals surface area contributed by atoms with E-state index in [0.29, 0.717) is 23.1 Å². The topological polar surface area (TPSA) is 163 Å². The highest BCUT2D eigenvalue weighted by Gasteiger charge is 2.34. The predicted octanol–water partition coefficient (Wildman–Crippen LogP) is 2.15. The van der Waals surface area contributed by atoms with Crippen molar-refractivity contribution in [2.24, 2.45) is 0 Å². The molecule has 4 aromatic rings. The third-order valence-corrected chi connectivity index (χ3v) is 7.23. The zero-order valence-corrected chi connectivity index (χ0v) is 21.5. The number of aromatic nitrogens is 6. The van der Waals surface area contributed by atoms with Crippen molar-refractivity contribution in [2.75, 3.05) is 26.1 Å². The molecule has 4 rings (SSSR count). The number of methoxy groups -OCH3 is 3. The van der Waals surface area contributed by atoms with Crippen molar-refractivity contribution in [2.45, 2.75) is 18.3 Å². The molecule has 200 valence electrons. The Balaban J connectivity index is 1.84. The van der Waals surface area contributed by atoms with E-state index in [0.717, 1.165) is 12.4 Å². The van der Waals surface area contributed by atoms with Gasteiger partial charge in [-0.2, -0.15) is 0 Å². The Morgan fingerprint density at radius 3 is 2.21 bits per heavy atom. The Bertz CT molecular complexity index is 1510. The van der Waals surface area contributed by atoms with Crippen molar-refractivity contribution in [1.82, 2.24) is 29.7 Å². The number of pyridine rings is 1. The number of rotatable bonds is 10. The van der Waals surface area contributed by atoms with Crippen molar-refractivity contribution >= 4 is 16.0 Å². The lowest BCUT2D eigenvalue weighted by atomic mass is 10.2. The molecule has 3 heterocycles. The van der Waals surface area contributed by atoms with E-state index < -0.39 is 27.2 Å². The lowest BCUT2D eigenvalue weighted by molar-refractivity contribution is 0.166. The third-order valence-electron chi connectivity index (χ3n) is 5.52. The number of nitrogens with one attached hydrogen (secondary N) is 1. The fraction of sp³-hybridized carbons (Fsp3) is 0.261. The molecule has 0 aliphatic rings. The first-order chi connectivity index (χ1) is 18.2. The minimum Gasteiger partial charge on any atom is -0.494 e. The monoisotopic (exact) mass is 545 g/mol. The summed E-state index contributed by atoms with van der Waals surface area (Å²) in [5, 5.41) is 17.4. The van der Waals surface area contributed by atoms with Gasteiger partial charge in [-0.05, 0) is 25.1 Å². The quantitative estimate of drug-likeness (QED) is 0.300. The lowest BCUT2D eigenvalue weighted by Gasteiger charge is -2.20. The van der Waals surface area contributed by atoms with Crippen LogP contribution < -0.4 is 18.9 Å². The summed E-state index contributed by atoms with van der Waals surface area (Å²) in [6.07, 6.45) is -0.0168. The summed E-state index contributed by atoms with van der Waals surface area (Å²) in [6, 6.07) is 9.96. The number of halogens is 1.